The SMILES string of the molecule is NNc1nc(-c2ccccc2)cc(-c2cccc(O)c2)n1. The Balaban J connectivity index is 2.14. The average molecular weight is 278 g/mol. The van der Waals surface area contributed by atoms with Gasteiger partial charge >= 0.3 is 0 Å². The van der Waals surface area contributed by atoms with Crippen molar-refractivity contribution < 1.29 is 5.11 Å². The van der Waals surface area contributed by atoms with Crippen LogP contribution >= 0.6 is 0 Å². The number of hydrazine groups is 1. The van der Waals surface area contributed by atoms with E-state index in [-0.39, 0.29) is 5.75 Å². The minimum absolute atomic E-state index is 0.189. The van der Waals surface area contributed by atoms with Gasteiger partial charge in [0.1, 0.15) is 5.75 Å². The largest absolute Gasteiger partial charge is 0.508 e. The quantitative estimate of drug-likeness (QED) is 0.507. The van der Waals surface area contributed by atoms with E-state index >= 15 is 0 Å². The van der Waals surface area contributed by atoms with Gasteiger partial charge in [-0.05, 0) is 18.2 Å². The first-order valence-electron chi connectivity index (χ1n) is 6.47. The molecule has 0 saturated carbocycles. The molecule has 3 aromatic rings. The molecule has 0 saturated heterocycles. The molecule has 1 heterocycles. The highest BCUT2D eigenvalue weighted by Crippen LogP contribution is 2.26. The van der Waals surface area contributed by atoms with E-state index < -0.39 is 0 Å². The summed E-state index contributed by atoms with van der Waals surface area (Å²) in [7, 11) is 0. The van der Waals surface area contributed by atoms with E-state index in [9.17, 15) is 5.11 Å². The minimum atomic E-state index is 0.189. The Morgan fingerprint density at radius 3 is 2.14 bits per heavy atom. The van der Waals surface area contributed by atoms with Gasteiger partial charge in [0.15, 0.2) is 0 Å². The molecule has 5 heteroatoms. The third-order valence-corrected chi connectivity index (χ3v) is 3.07. The van der Waals surface area contributed by atoms with Gasteiger partial charge in [-0.15, -0.1) is 0 Å². The number of nitrogens with one attached hydrogen (secondary N) is 1. The Morgan fingerprint density at radius 1 is 0.810 bits per heavy atom. The van der Waals surface area contributed by atoms with Crippen LogP contribution in [-0.4, -0.2) is 15.1 Å². The van der Waals surface area contributed by atoms with Crippen molar-refractivity contribution >= 4 is 5.95 Å². The third-order valence-electron chi connectivity index (χ3n) is 3.07. The normalized spacial score (nSPS) is 10.3. The Morgan fingerprint density at radius 2 is 1.48 bits per heavy atom. The first-order valence-corrected chi connectivity index (χ1v) is 6.47. The zero-order valence-electron chi connectivity index (χ0n) is 11.2. The number of nitrogens with two attached hydrogens (primary N) is 1. The summed E-state index contributed by atoms with van der Waals surface area (Å²) in [5, 5.41) is 9.60. The second-order valence-electron chi connectivity index (χ2n) is 4.52. The highest BCUT2D eigenvalue weighted by molar-refractivity contribution is 5.70. The van der Waals surface area contributed by atoms with Crippen molar-refractivity contribution in [2.45, 2.75) is 0 Å². The molecule has 104 valence electrons. The molecule has 0 bridgehead atoms. The summed E-state index contributed by atoms with van der Waals surface area (Å²) in [6.07, 6.45) is 0. The fourth-order valence-electron chi connectivity index (χ4n) is 2.08. The number of benzene rings is 2. The van der Waals surface area contributed by atoms with Gasteiger partial charge in [-0.25, -0.2) is 15.8 Å². The fourth-order valence-corrected chi connectivity index (χ4v) is 2.08. The summed E-state index contributed by atoms with van der Waals surface area (Å²) in [6.45, 7) is 0. The summed E-state index contributed by atoms with van der Waals surface area (Å²) < 4.78 is 0. The molecule has 0 spiro atoms. The summed E-state index contributed by atoms with van der Waals surface area (Å²) >= 11 is 0. The molecule has 0 unspecified atom stereocenters. The molecule has 0 atom stereocenters. The van der Waals surface area contributed by atoms with Gasteiger partial charge in [0, 0.05) is 11.1 Å². The van der Waals surface area contributed by atoms with E-state index in [0.717, 1.165) is 16.8 Å². The number of aromatic nitrogens is 2. The number of rotatable bonds is 3. The van der Waals surface area contributed by atoms with Crippen LogP contribution in [0.4, 0.5) is 5.95 Å². The molecule has 5 nitrogen and oxygen atoms in total. The van der Waals surface area contributed by atoms with E-state index in [0.29, 0.717) is 11.6 Å². The van der Waals surface area contributed by atoms with Gasteiger partial charge < -0.3 is 5.11 Å². The van der Waals surface area contributed by atoms with Gasteiger partial charge in [-0.1, -0.05) is 42.5 Å². The summed E-state index contributed by atoms with van der Waals surface area (Å²) in [6, 6.07) is 18.5. The Hall–Kier alpha value is -2.92. The maximum atomic E-state index is 9.60. The van der Waals surface area contributed by atoms with E-state index in [1.165, 1.54) is 0 Å². The number of phenolic OH excluding ortho intramolecular Hbond substituents is 1. The molecule has 0 radical (unpaired) electrons. The van der Waals surface area contributed by atoms with Crippen LogP contribution in [0.2, 0.25) is 0 Å². The zero-order chi connectivity index (χ0) is 14.7. The molecule has 0 aliphatic carbocycles. The van der Waals surface area contributed by atoms with Gasteiger partial charge in [0.25, 0.3) is 0 Å². The minimum Gasteiger partial charge on any atom is -0.508 e. The lowest BCUT2D eigenvalue weighted by Gasteiger charge is -2.08. The van der Waals surface area contributed by atoms with E-state index in [2.05, 4.69) is 15.4 Å². The number of nitrogen functional groups attached to an aromatic ring is 1. The maximum Gasteiger partial charge on any atom is 0.238 e. The average Bonchev–Trinajstić information content (AvgIpc) is 2.55. The van der Waals surface area contributed by atoms with Crippen LogP contribution < -0.4 is 11.3 Å². The van der Waals surface area contributed by atoms with Gasteiger partial charge in [-0.2, -0.15) is 0 Å². The van der Waals surface area contributed by atoms with Crippen LogP contribution in [0.5, 0.6) is 5.75 Å². The van der Waals surface area contributed by atoms with Gasteiger partial charge in [0.05, 0.1) is 11.4 Å². The number of phenols is 1. The van der Waals surface area contributed by atoms with E-state index in [4.69, 9.17) is 5.84 Å². The predicted octanol–water partition coefficient (Wildman–Crippen LogP) is 2.80. The van der Waals surface area contributed by atoms with E-state index in [1.807, 2.05) is 42.5 Å². The van der Waals surface area contributed by atoms with Crippen molar-refractivity contribution in [2.75, 3.05) is 5.43 Å². The Bertz CT molecular complexity index is 759. The summed E-state index contributed by atoms with van der Waals surface area (Å²) in [5.41, 5.74) is 5.69. The lowest BCUT2D eigenvalue weighted by atomic mass is 10.1. The number of hydrogen-bond donors (Lipinski definition) is 3. The number of anilines is 1. The van der Waals surface area contributed by atoms with Gasteiger partial charge in [0.2, 0.25) is 5.95 Å². The third kappa shape index (κ3) is 2.82. The molecule has 0 amide bonds. The van der Waals surface area contributed by atoms with Crippen molar-refractivity contribution in [2.24, 2.45) is 5.84 Å². The molecule has 4 N–H and O–H groups in total. The highest BCUT2D eigenvalue weighted by Gasteiger charge is 2.08. The van der Waals surface area contributed by atoms with Crippen molar-refractivity contribution in [1.82, 2.24) is 9.97 Å². The smallest absolute Gasteiger partial charge is 0.238 e. The molecule has 0 aliphatic heterocycles. The number of hydrogen-bond acceptors (Lipinski definition) is 5. The van der Waals surface area contributed by atoms with Crippen LogP contribution in [0.3, 0.4) is 0 Å². The molecule has 21 heavy (non-hydrogen) atoms. The molecule has 0 aliphatic rings. The van der Waals surface area contributed by atoms with E-state index in [1.54, 1.807) is 18.2 Å². The second kappa shape index (κ2) is 5.60. The lowest BCUT2D eigenvalue weighted by Crippen LogP contribution is -2.11. The van der Waals surface area contributed by atoms with Crippen LogP contribution in [0, 0.1) is 0 Å². The zero-order valence-corrected chi connectivity index (χ0v) is 11.2. The van der Waals surface area contributed by atoms with Crippen LogP contribution in [0.15, 0.2) is 60.7 Å². The van der Waals surface area contributed by atoms with Crippen LogP contribution in [0.25, 0.3) is 22.5 Å². The second-order valence-corrected chi connectivity index (χ2v) is 4.52. The molecule has 0 fully saturated rings. The first-order chi connectivity index (χ1) is 10.3. The predicted molar refractivity (Wildman–Crippen MR) is 82.4 cm³/mol. The monoisotopic (exact) mass is 278 g/mol. The van der Waals surface area contributed by atoms with Crippen molar-refractivity contribution in [3.8, 4) is 28.3 Å². The Kier molecular flexibility index (Phi) is 3.49. The Labute approximate surface area is 122 Å². The molecular formula is C16H14N4O. The number of aromatic hydroxyl groups is 1. The topological polar surface area (TPSA) is 84.1 Å². The first kappa shape index (κ1) is 13.1. The highest BCUT2D eigenvalue weighted by atomic mass is 16.3. The molecular weight excluding hydrogens is 264 g/mol. The molecule has 2 aromatic carbocycles. The van der Waals surface area contributed by atoms with Crippen LogP contribution in [-0.2, 0) is 0 Å². The lowest BCUT2D eigenvalue weighted by molar-refractivity contribution is 0.475. The van der Waals surface area contributed by atoms with Crippen molar-refractivity contribution in [3.05, 3.63) is 60.7 Å². The number of nitrogens with zero attached hydrogens (tertiary/aromatic N) is 2. The van der Waals surface area contributed by atoms with Crippen molar-refractivity contribution in [1.29, 1.82) is 0 Å². The maximum absolute atomic E-state index is 9.60. The fraction of sp³-hybridized carbons (Fsp3) is 0. The standard InChI is InChI=1S/C16H14N4O/c17-20-16-18-14(11-5-2-1-3-6-11)10-15(19-16)12-7-4-8-13(21)9-12/h1-10,21H,17H2,(H,18,19,20). The summed E-state index contributed by atoms with van der Waals surface area (Å²) in [4.78, 5) is 8.69. The molecule has 1 aromatic heterocycles. The summed E-state index contributed by atoms with van der Waals surface area (Å²) in [5.74, 6) is 5.97. The van der Waals surface area contributed by atoms with Crippen molar-refractivity contribution in [3.63, 3.8) is 0 Å². The van der Waals surface area contributed by atoms with Gasteiger partial charge in [-0.3, -0.25) is 5.43 Å². The molecule has 3 rings (SSSR count). The van der Waals surface area contributed by atoms with Crippen LogP contribution in [0.1, 0.15) is 0 Å².